The van der Waals surface area contributed by atoms with E-state index in [0.29, 0.717) is 17.7 Å². The molecule has 1 aliphatic rings. The van der Waals surface area contributed by atoms with Crippen LogP contribution in [0.3, 0.4) is 0 Å². The normalized spacial score (nSPS) is 13.7. The minimum Gasteiger partial charge on any atom is -0.398 e. The number of hydrogen-bond acceptors (Lipinski definition) is 3. The number of amides is 2. The third kappa shape index (κ3) is 2.27. The Balaban J connectivity index is 1.81. The summed E-state index contributed by atoms with van der Waals surface area (Å²) < 4.78 is 13.1. The van der Waals surface area contributed by atoms with Crippen LogP contribution in [0.1, 0.15) is 26.3 Å². The number of nitrogens with zero attached hydrogens (tertiary/aromatic N) is 1. The van der Waals surface area contributed by atoms with Gasteiger partial charge in [0, 0.05) is 12.2 Å². The van der Waals surface area contributed by atoms with Gasteiger partial charge in [0.15, 0.2) is 0 Å². The van der Waals surface area contributed by atoms with Gasteiger partial charge in [-0.05, 0) is 36.2 Å². The molecule has 106 valence electrons. The van der Waals surface area contributed by atoms with E-state index in [1.165, 1.54) is 12.1 Å². The van der Waals surface area contributed by atoms with Crippen molar-refractivity contribution in [1.82, 2.24) is 4.90 Å². The molecule has 0 fully saturated rings. The van der Waals surface area contributed by atoms with Gasteiger partial charge in [-0.2, -0.15) is 0 Å². The standard InChI is InChI=1S/C16H13FN2O2/c17-11-4-1-3-10(9-11)7-8-19-15(20)12-5-2-6-13(18)14(12)16(19)21/h1-6,9H,7-8,18H2. The van der Waals surface area contributed by atoms with Crippen LogP contribution in [-0.4, -0.2) is 23.3 Å². The fourth-order valence-corrected chi connectivity index (χ4v) is 2.50. The molecule has 3 rings (SSSR count). The molecule has 0 unspecified atom stereocenters. The predicted octanol–water partition coefficient (Wildman–Crippen LogP) is 2.25. The molecule has 0 aromatic heterocycles. The van der Waals surface area contributed by atoms with Crippen LogP contribution in [0.5, 0.6) is 0 Å². The number of halogens is 1. The van der Waals surface area contributed by atoms with Gasteiger partial charge in [0.1, 0.15) is 5.82 Å². The highest BCUT2D eigenvalue weighted by molar-refractivity contribution is 6.23. The van der Waals surface area contributed by atoms with Crippen LogP contribution in [-0.2, 0) is 6.42 Å². The Morgan fingerprint density at radius 3 is 2.52 bits per heavy atom. The maximum absolute atomic E-state index is 13.1. The largest absolute Gasteiger partial charge is 0.398 e. The number of nitrogens with two attached hydrogens (primary N) is 1. The lowest BCUT2D eigenvalue weighted by atomic mass is 10.1. The van der Waals surface area contributed by atoms with Crippen molar-refractivity contribution >= 4 is 17.5 Å². The molecule has 1 heterocycles. The number of hydrogen-bond donors (Lipinski definition) is 1. The molecular weight excluding hydrogens is 271 g/mol. The second-order valence-corrected chi connectivity index (χ2v) is 4.91. The Labute approximate surface area is 121 Å². The maximum Gasteiger partial charge on any atom is 0.263 e. The van der Waals surface area contributed by atoms with Crippen LogP contribution in [0, 0.1) is 5.82 Å². The van der Waals surface area contributed by atoms with Gasteiger partial charge in [-0.1, -0.05) is 18.2 Å². The van der Waals surface area contributed by atoms with Crippen LogP contribution in [0.4, 0.5) is 10.1 Å². The van der Waals surface area contributed by atoms with Crippen LogP contribution in [0.2, 0.25) is 0 Å². The van der Waals surface area contributed by atoms with Crippen molar-refractivity contribution in [1.29, 1.82) is 0 Å². The summed E-state index contributed by atoms with van der Waals surface area (Å²) in [5, 5.41) is 0. The van der Waals surface area contributed by atoms with E-state index in [2.05, 4.69) is 0 Å². The van der Waals surface area contributed by atoms with Gasteiger partial charge in [0.05, 0.1) is 11.1 Å². The Morgan fingerprint density at radius 2 is 1.81 bits per heavy atom. The summed E-state index contributed by atoms with van der Waals surface area (Å²) in [4.78, 5) is 25.6. The molecule has 2 N–H and O–H groups in total. The first-order valence-electron chi connectivity index (χ1n) is 6.57. The SMILES string of the molecule is Nc1cccc2c1C(=O)N(CCc1cccc(F)c1)C2=O. The first-order valence-corrected chi connectivity index (χ1v) is 6.57. The van der Waals surface area contributed by atoms with Gasteiger partial charge in [0.25, 0.3) is 11.8 Å². The Bertz CT molecular complexity index is 743. The number of benzene rings is 2. The van der Waals surface area contributed by atoms with Crippen LogP contribution in [0.25, 0.3) is 0 Å². The third-order valence-electron chi connectivity index (χ3n) is 3.54. The fourth-order valence-electron chi connectivity index (χ4n) is 2.50. The van der Waals surface area contributed by atoms with Crippen molar-refractivity contribution < 1.29 is 14.0 Å². The molecule has 0 radical (unpaired) electrons. The second-order valence-electron chi connectivity index (χ2n) is 4.91. The van der Waals surface area contributed by atoms with Crippen molar-refractivity contribution in [2.75, 3.05) is 12.3 Å². The van der Waals surface area contributed by atoms with Crippen molar-refractivity contribution in [2.45, 2.75) is 6.42 Å². The van der Waals surface area contributed by atoms with E-state index in [1.807, 2.05) is 0 Å². The molecule has 2 amide bonds. The lowest BCUT2D eigenvalue weighted by Gasteiger charge is -2.13. The topological polar surface area (TPSA) is 63.4 Å². The summed E-state index contributed by atoms with van der Waals surface area (Å²) in [7, 11) is 0. The van der Waals surface area contributed by atoms with E-state index >= 15 is 0 Å². The molecule has 0 saturated carbocycles. The average Bonchev–Trinajstić information content (AvgIpc) is 2.70. The van der Waals surface area contributed by atoms with Crippen LogP contribution >= 0.6 is 0 Å². The zero-order valence-electron chi connectivity index (χ0n) is 11.2. The number of fused-ring (bicyclic) bond motifs is 1. The molecule has 0 bridgehead atoms. The number of nitrogen functional groups attached to an aromatic ring is 1. The molecule has 0 atom stereocenters. The number of anilines is 1. The minimum absolute atomic E-state index is 0.204. The number of carbonyl (C=O) groups excluding carboxylic acids is 2. The molecule has 4 nitrogen and oxygen atoms in total. The second kappa shape index (κ2) is 5.01. The third-order valence-corrected chi connectivity index (χ3v) is 3.54. The van der Waals surface area contributed by atoms with Gasteiger partial charge in [-0.25, -0.2) is 4.39 Å². The van der Waals surface area contributed by atoms with E-state index in [0.717, 1.165) is 10.5 Å². The number of imide groups is 1. The Morgan fingerprint density at radius 1 is 1.05 bits per heavy atom. The fraction of sp³-hybridized carbons (Fsp3) is 0.125. The Hall–Kier alpha value is -2.69. The molecule has 5 heteroatoms. The summed E-state index contributed by atoms with van der Waals surface area (Å²) in [6.07, 6.45) is 0.406. The minimum atomic E-state index is -0.385. The van der Waals surface area contributed by atoms with E-state index in [4.69, 9.17) is 5.73 Å². The monoisotopic (exact) mass is 284 g/mol. The molecule has 0 saturated heterocycles. The van der Waals surface area contributed by atoms with Gasteiger partial charge < -0.3 is 5.73 Å². The molecular formula is C16H13FN2O2. The van der Waals surface area contributed by atoms with Crippen molar-refractivity contribution in [2.24, 2.45) is 0 Å². The van der Waals surface area contributed by atoms with Crippen molar-refractivity contribution in [3.05, 3.63) is 65.0 Å². The number of rotatable bonds is 3. The molecule has 0 spiro atoms. The van der Waals surface area contributed by atoms with Crippen LogP contribution < -0.4 is 5.73 Å². The number of carbonyl (C=O) groups is 2. The highest BCUT2D eigenvalue weighted by Gasteiger charge is 2.36. The smallest absolute Gasteiger partial charge is 0.263 e. The lowest BCUT2D eigenvalue weighted by Crippen LogP contribution is -2.31. The molecule has 1 aliphatic heterocycles. The average molecular weight is 284 g/mol. The first-order chi connectivity index (χ1) is 10.1. The molecule has 2 aromatic rings. The summed E-state index contributed by atoms with van der Waals surface area (Å²) in [5.74, 6) is -1.07. The van der Waals surface area contributed by atoms with E-state index in [9.17, 15) is 14.0 Å². The predicted molar refractivity (Wildman–Crippen MR) is 76.3 cm³/mol. The molecule has 0 aliphatic carbocycles. The zero-order valence-corrected chi connectivity index (χ0v) is 11.2. The lowest BCUT2D eigenvalue weighted by molar-refractivity contribution is 0.0656. The van der Waals surface area contributed by atoms with Crippen LogP contribution in [0.15, 0.2) is 42.5 Å². The summed E-state index contributed by atoms with van der Waals surface area (Å²) >= 11 is 0. The molecule has 2 aromatic carbocycles. The maximum atomic E-state index is 13.1. The summed E-state index contributed by atoms with van der Waals surface area (Å²) in [6, 6.07) is 10.9. The quantitative estimate of drug-likeness (QED) is 0.694. The van der Waals surface area contributed by atoms with Crippen molar-refractivity contribution in [3.8, 4) is 0 Å². The Kier molecular flexibility index (Phi) is 3.17. The molecule has 21 heavy (non-hydrogen) atoms. The van der Waals surface area contributed by atoms with E-state index < -0.39 is 0 Å². The van der Waals surface area contributed by atoms with Gasteiger partial charge >= 0.3 is 0 Å². The summed E-state index contributed by atoms with van der Waals surface area (Å²) in [6.45, 7) is 0.204. The van der Waals surface area contributed by atoms with Crippen molar-refractivity contribution in [3.63, 3.8) is 0 Å². The highest BCUT2D eigenvalue weighted by atomic mass is 19.1. The van der Waals surface area contributed by atoms with Gasteiger partial charge in [-0.15, -0.1) is 0 Å². The van der Waals surface area contributed by atoms with Gasteiger partial charge in [-0.3, -0.25) is 14.5 Å². The zero-order chi connectivity index (χ0) is 15.0. The van der Waals surface area contributed by atoms with Gasteiger partial charge in [0.2, 0.25) is 0 Å². The summed E-state index contributed by atoms with van der Waals surface area (Å²) in [5.41, 5.74) is 7.40. The van der Waals surface area contributed by atoms with E-state index in [1.54, 1.807) is 30.3 Å². The highest BCUT2D eigenvalue weighted by Crippen LogP contribution is 2.27. The first kappa shape index (κ1) is 13.3. The van der Waals surface area contributed by atoms with E-state index in [-0.39, 0.29) is 29.7 Å².